The summed E-state index contributed by atoms with van der Waals surface area (Å²) in [5.74, 6) is 0.107. The van der Waals surface area contributed by atoms with E-state index in [4.69, 9.17) is 0 Å². The smallest absolute Gasteiger partial charge is 0.267 e. The molecular weight excluding hydrogens is 230 g/mol. The van der Waals surface area contributed by atoms with E-state index in [1.165, 1.54) is 0 Å². The highest BCUT2D eigenvalue weighted by Crippen LogP contribution is 2.02. The number of pyridine rings is 1. The van der Waals surface area contributed by atoms with Crippen molar-refractivity contribution in [2.24, 2.45) is 0 Å². The van der Waals surface area contributed by atoms with Crippen LogP contribution in [-0.4, -0.2) is 20.9 Å². The molecule has 0 bridgehead atoms. The van der Waals surface area contributed by atoms with E-state index in [0.717, 1.165) is 11.4 Å². The van der Waals surface area contributed by atoms with Crippen LogP contribution in [0.15, 0.2) is 30.6 Å². The largest absolute Gasteiger partial charge is 0.269 e. The van der Waals surface area contributed by atoms with Crippen LogP contribution in [0.4, 0.5) is 5.95 Å². The lowest BCUT2D eigenvalue weighted by Crippen LogP contribution is -2.30. The average molecular weight is 243 g/mol. The molecule has 92 valence electrons. The van der Waals surface area contributed by atoms with Gasteiger partial charge in [-0.05, 0) is 32.0 Å². The molecule has 0 unspecified atom stereocenters. The summed E-state index contributed by atoms with van der Waals surface area (Å²) in [4.78, 5) is 23.9. The monoisotopic (exact) mass is 243 g/mol. The van der Waals surface area contributed by atoms with Crippen LogP contribution in [-0.2, 0) is 0 Å². The number of hydrogen-bond donors (Lipinski definition) is 2. The van der Waals surface area contributed by atoms with Crippen molar-refractivity contribution >= 4 is 11.9 Å². The number of hydrazine groups is 1. The molecule has 6 heteroatoms. The van der Waals surface area contributed by atoms with Crippen molar-refractivity contribution in [1.82, 2.24) is 20.4 Å². The second kappa shape index (κ2) is 5.22. The Bertz CT molecular complexity index is 535. The fourth-order valence-corrected chi connectivity index (χ4v) is 1.47. The van der Waals surface area contributed by atoms with Crippen molar-refractivity contribution in [3.05, 3.63) is 47.5 Å². The van der Waals surface area contributed by atoms with E-state index in [-0.39, 0.29) is 5.91 Å². The first-order valence-electron chi connectivity index (χ1n) is 5.44. The van der Waals surface area contributed by atoms with Crippen LogP contribution < -0.4 is 10.9 Å². The molecule has 0 saturated heterocycles. The Balaban J connectivity index is 2.02. The third kappa shape index (κ3) is 3.00. The third-order valence-corrected chi connectivity index (χ3v) is 2.21. The van der Waals surface area contributed by atoms with E-state index in [1.807, 2.05) is 19.9 Å². The number of rotatable bonds is 3. The van der Waals surface area contributed by atoms with Crippen LogP contribution in [0.2, 0.25) is 0 Å². The molecule has 0 fully saturated rings. The number of carbonyl (C=O) groups is 1. The third-order valence-electron chi connectivity index (χ3n) is 2.21. The van der Waals surface area contributed by atoms with Gasteiger partial charge in [0.15, 0.2) is 0 Å². The van der Waals surface area contributed by atoms with Gasteiger partial charge in [-0.25, -0.2) is 9.97 Å². The first-order valence-corrected chi connectivity index (χ1v) is 5.44. The summed E-state index contributed by atoms with van der Waals surface area (Å²) < 4.78 is 0. The summed E-state index contributed by atoms with van der Waals surface area (Å²) >= 11 is 0. The molecule has 0 spiro atoms. The molecule has 0 aliphatic carbocycles. The highest BCUT2D eigenvalue weighted by Gasteiger charge is 2.05. The molecule has 2 heterocycles. The van der Waals surface area contributed by atoms with Gasteiger partial charge in [0.05, 0.1) is 0 Å². The minimum atomic E-state index is -0.264. The predicted molar refractivity (Wildman–Crippen MR) is 66.8 cm³/mol. The Morgan fingerprint density at radius 2 is 1.72 bits per heavy atom. The van der Waals surface area contributed by atoms with Gasteiger partial charge in [0.1, 0.15) is 0 Å². The lowest BCUT2D eigenvalue weighted by molar-refractivity contribution is 0.0962. The topological polar surface area (TPSA) is 79.8 Å². The van der Waals surface area contributed by atoms with Gasteiger partial charge in [0, 0.05) is 29.3 Å². The summed E-state index contributed by atoms with van der Waals surface area (Å²) in [6.07, 6.45) is 3.12. The highest BCUT2D eigenvalue weighted by molar-refractivity contribution is 5.94. The van der Waals surface area contributed by atoms with Crippen LogP contribution in [0.25, 0.3) is 0 Å². The predicted octanol–water partition coefficient (Wildman–Crippen LogP) is 1.25. The van der Waals surface area contributed by atoms with Gasteiger partial charge in [-0.3, -0.25) is 20.6 Å². The maximum atomic E-state index is 11.7. The second-order valence-electron chi connectivity index (χ2n) is 3.79. The number of anilines is 1. The maximum absolute atomic E-state index is 11.7. The molecule has 2 aromatic rings. The molecule has 1 amide bonds. The Kier molecular flexibility index (Phi) is 3.47. The van der Waals surface area contributed by atoms with Gasteiger partial charge in [-0.2, -0.15) is 0 Å². The molecule has 6 nitrogen and oxygen atoms in total. The van der Waals surface area contributed by atoms with E-state index >= 15 is 0 Å². The van der Waals surface area contributed by atoms with Gasteiger partial charge in [0.2, 0.25) is 5.95 Å². The Morgan fingerprint density at radius 3 is 2.33 bits per heavy atom. The van der Waals surface area contributed by atoms with Crippen LogP contribution in [0.5, 0.6) is 0 Å². The fraction of sp³-hybridized carbons (Fsp3) is 0.167. The summed E-state index contributed by atoms with van der Waals surface area (Å²) in [6.45, 7) is 3.73. The average Bonchev–Trinajstić information content (AvgIpc) is 2.36. The van der Waals surface area contributed by atoms with Gasteiger partial charge in [0.25, 0.3) is 5.91 Å². The fourth-order valence-electron chi connectivity index (χ4n) is 1.47. The van der Waals surface area contributed by atoms with E-state index < -0.39 is 0 Å². The molecule has 0 atom stereocenters. The van der Waals surface area contributed by atoms with Gasteiger partial charge >= 0.3 is 0 Å². The summed E-state index contributed by atoms with van der Waals surface area (Å²) in [5.41, 5.74) is 7.40. The molecule has 2 rings (SSSR count). The van der Waals surface area contributed by atoms with Crippen LogP contribution >= 0.6 is 0 Å². The number of nitrogens with zero attached hydrogens (tertiary/aromatic N) is 3. The lowest BCUT2D eigenvalue weighted by Gasteiger charge is -2.07. The summed E-state index contributed by atoms with van der Waals surface area (Å²) in [7, 11) is 0. The van der Waals surface area contributed by atoms with Crippen molar-refractivity contribution < 1.29 is 4.79 Å². The van der Waals surface area contributed by atoms with Crippen molar-refractivity contribution in [3.63, 3.8) is 0 Å². The van der Waals surface area contributed by atoms with E-state index in [2.05, 4.69) is 25.8 Å². The molecule has 0 aliphatic rings. The van der Waals surface area contributed by atoms with Gasteiger partial charge in [-0.1, -0.05) is 0 Å². The lowest BCUT2D eigenvalue weighted by atomic mass is 10.3. The molecule has 0 aliphatic heterocycles. The Labute approximate surface area is 104 Å². The summed E-state index contributed by atoms with van der Waals surface area (Å²) in [6, 6.07) is 5.11. The van der Waals surface area contributed by atoms with Gasteiger partial charge in [-0.15, -0.1) is 0 Å². The number of hydrogen-bond acceptors (Lipinski definition) is 5. The molecule has 0 radical (unpaired) electrons. The Hall–Kier alpha value is -2.50. The molecule has 18 heavy (non-hydrogen) atoms. The molecule has 2 N–H and O–H groups in total. The zero-order valence-corrected chi connectivity index (χ0v) is 10.1. The number of carbonyl (C=O) groups excluding carboxylic acids is 1. The Morgan fingerprint density at radius 1 is 1.11 bits per heavy atom. The van der Waals surface area contributed by atoms with Crippen LogP contribution in [0.3, 0.4) is 0 Å². The van der Waals surface area contributed by atoms with Crippen molar-refractivity contribution in [1.29, 1.82) is 0 Å². The first-order chi connectivity index (χ1) is 8.65. The van der Waals surface area contributed by atoms with Crippen LogP contribution in [0.1, 0.15) is 21.7 Å². The van der Waals surface area contributed by atoms with Crippen molar-refractivity contribution in [3.8, 4) is 0 Å². The zero-order valence-electron chi connectivity index (χ0n) is 10.1. The molecule has 2 aromatic heterocycles. The van der Waals surface area contributed by atoms with E-state index in [1.54, 1.807) is 24.5 Å². The quantitative estimate of drug-likeness (QED) is 0.793. The molecular formula is C12H13N5O. The standard InChI is InChI=1S/C12H13N5O/c1-8-7-9(2)15-12(14-8)17-16-11(18)10-3-5-13-6-4-10/h3-7H,1-2H3,(H,16,18)(H,14,15,17). The van der Waals surface area contributed by atoms with Gasteiger partial charge < -0.3 is 0 Å². The molecule has 0 saturated carbocycles. The zero-order chi connectivity index (χ0) is 13.0. The number of amides is 1. The van der Waals surface area contributed by atoms with Crippen LogP contribution in [0, 0.1) is 13.8 Å². The number of nitrogens with one attached hydrogen (secondary N) is 2. The second-order valence-corrected chi connectivity index (χ2v) is 3.79. The van der Waals surface area contributed by atoms with Crippen molar-refractivity contribution in [2.45, 2.75) is 13.8 Å². The number of aryl methyl sites for hydroxylation is 2. The SMILES string of the molecule is Cc1cc(C)nc(NNC(=O)c2ccncc2)n1. The minimum Gasteiger partial charge on any atom is -0.267 e. The minimum absolute atomic E-state index is 0.264. The van der Waals surface area contributed by atoms with E-state index in [0.29, 0.717) is 11.5 Å². The number of aromatic nitrogens is 3. The van der Waals surface area contributed by atoms with E-state index in [9.17, 15) is 4.79 Å². The van der Waals surface area contributed by atoms with Crippen molar-refractivity contribution in [2.75, 3.05) is 5.43 Å². The normalized spacial score (nSPS) is 9.89. The highest BCUT2D eigenvalue weighted by atomic mass is 16.2. The maximum Gasteiger partial charge on any atom is 0.269 e. The first kappa shape index (κ1) is 12.0. The summed E-state index contributed by atoms with van der Waals surface area (Å²) in [5, 5.41) is 0. The molecule has 0 aromatic carbocycles.